The van der Waals surface area contributed by atoms with E-state index in [0.717, 1.165) is 10.0 Å². The second-order valence-electron chi connectivity index (χ2n) is 3.19. The molecule has 1 rings (SSSR count). The number of anilines is 1. The minimum absolute atomic E-state index is 0.0344. The predicted molar refractivity (Wildman–Crippen MR) is 64.7 cm³/mol. The van der Waals surface area contributed by atoms with Crippen LogP contribution in [0.15, 0.2) is 29.4 Å². The van der Waals surface area contributed by atoms with E-state index in [4.69, 9.17) is 0 Å². The molecule has 80 valence electrons. The van der Waals surface area contributed by atoms with Gasteiger partial charge in [0.05, 0.1) is 0 Å². The number of nitrogens with zero attached hydrogens (tertiary/aromatic N) is 1. The van der Waals surface area contributed by atoms with Gasteiger partial charge in [0, 0.05) is 17.1 Å². The SMILES string of the molecule is C=CCCC(=O)Nc1ncc(Br)cc1C. The molecule has 0 unspecified atom stereocenters. The lowest BCUT2D eigenvalue weighted by Gasteiger charge is -2.06. The van der Waals surface area contributed by atoms with E-state index < -0.39 is 0 Å². The third-order valence-corrected chi connectivity index (χ3v) is 2.31. The number of allylic oxidation sites excluding steroid dienone is 1. The van der Waals surface area contributed by atoms with Gasteiger partial charge in [-0.05, 0) is 40.9 Å². The number of carbonyl (C=O) groups is 1. The Morgan fingerprint density at radius 3 is 3.07 bits per heavy atom. The molecule has 15 heavy (non-hydrogen) atoms. The molecule has 0 saturated carbocycles. The summed E-state index contributed by atoms with van der Waals surface area (Å²) in [5.41, 5.74) is 0.941. The number of nitrogens with one attached hydrogen (secondary N) is 1. The topological polar surface area (TPSA) is 42.0 Å². The van der Waals surface area contributed by atoms with Gasteiger partial charge in [-0.15, -0.1) is 6.58 Å². The van der Waals surface area contributed by atoms with Gasteiger partial charge < -0.3 is 5.32 Å². The van der Waals surface area contributed by atoms with E-state index in [9.17, 15) is 4.79 Å². The highest BCUT2D eigenvalue weighted by atomic mass is 79.9. The molecule has 3 nitrogen and oxygen atoms in total. The molecule has 0 spiro atoms. The molecule has 0 bridgehead atoms. The van der Waals surface area contributed by atoms with Crippen molar-refractivity contribution in [1.29, 1.82) is 0 Å². The largest absolute Gasteiger partial charge is 0.310 e. The monoisotopic (exact) mass is 268 g/mol. The van der Waals surface area contributed by atoms with E-state index in [1.807, 2.05) is 13.0 Å². The molecular weight excluding hydrogens is 256 g/mol. The fourth-order valence-electron chi connectivity index (χ4n) is 1.10. The quantitative estimate of drug-likeness (QED) is 0.853. The highest BCUT2D eigenvalue weighted by Gasteiger charge is 2.04. The van der Waals surface area contributed by atoms with E-state index in [1.165, 1.54) is 0 Å². The van der Waals surface area contributed by atoms with Gasteiger partial charge in [0.15, 0.2) is 0 Å². The van der Waals surface area contributed by atoms with Crippen LogP contribution in [0.2, 0.25) is 0 Å². The second kappa shape index (κ2) is 5.66. The summed E-state index contributed by atoms with van der Waals surface area (Å²) in [6.07, 6.45) is 4.51. The zero-order valence-corrected chi connectivity index (χ0v) is 10.2. The molecule has 1 aromatic heterocycles. The first kappa shape index (κ1) is 11.9. The van der Waals surface area contributed by atoms with E-state index in [2.05, 4.69) is 32.8 Å². The standard InChI is InChI=1S/C11H13BrN2O/c1-3-4-5-10(15)14-11-8(2)6-9(12)7-13-11/h3,6-7H,1,4-5H2,2H3,(H,13,14,15). The number of rotatable bonds is 4. The number of hydrogen-bond acceptors (Lipinski definition) is 2. The fourth-order valence-corrected chi connectivity index (χ4v) is 1.54. The Balaban J connectivity index is 2.64. The molecule has 1 amide bonds. The van der Waals surface area contributed by atoms with E-state index in [1.54, 1.807) is 12.3 Å². The summed E-state index contributed by atoms with van der Waals surface area (Å²) in [5.74, 6) is 0.583. The molecule has 0 aliphatic heterocycles. The van der Waals surface area contributed by atoms with Crippen LogP contribution in [0, 0.1) is 6.92 Å². The number of hydrogen-bond donors (Lipinski definition) is 1. The molecule has 1 aromatic rings. The first-order valence-electron chi connectivity index (χ1n) is 4.66. The molecule has 0 aliphatic carbocycles. The normalized spacial score (nSPS) is 9.73. The van der Waals surface area contributed by atoms with Crippen molar-refractivity contribution in [2.24, 2.45) is 0 Å². The third-order valence-electron chi connectivity index (χ3n) is 1.88. The number of pyridine rings is 1. The maximum atomic E-state index is 11.4. The summed E-state index contributed by atoms with van der Waals surface area (Å²) in [6, 6.07) is 1.91. The van der Waals surface area contributed by atoms with Crippen molar-refractivity contribution in [1.82, 2.24) is 4.98 Å². The molecule has 0 aliphatic rings. The Kier molecular flexibility index (Phi) is 4.49. The number of carbonyl (C=O) groups excluding carboxylic acids is 1. The van der Waals surface area contributed by atoms with Crippen molar-refractivity contribution >= 4 is 27.7 Å². The lowest BCUT2D eigenvalue weighted by molar-refractivity contribution is -0.116. The molecule has 0 radical (unpaired) electrons. The number of halogens is 1. The summed E-state index contributed by atoms with van der Waals surface area (Å²) in [4.78, 5) is 15.5. The van der Waals surface area contributed by atoms with E-state index >= 15 is 0 Å². The van der Waals surface area contributed by atoms with Crippen molar-refractivity contribution in [2.45, 2.75) is 19.8 Å². The second-order valence-corrected chi connectivity index (χ2v) is 4.11. The van der Waals surface area contributed by atoms with Crippen LogP contribution in [-0.2, 0) is 4.79 Å². The van der Waals surface area contributed by atoms with Crippen molar-refractivity contribution in [3.05, 3.63) is 35.0 Å². The molecule has 4 heteroatoms. The van der Waals surface area contributed by atoms with E-state index in [0.29, 0.717) is 18.7 Å². The van der Waals surface area contributed by atoms with Crippen LogP contribution in [0.1, 0.15) is 18.4 Å². The third kappa shape index (κ3) is 3.83. The highest BCUT2D eigenvalue weighted by Crippen LogP contribution is 2.16. The minimum Gasteiger partial charge on any atom is -0.310 e. The van der Waals surface area contributed by atoms with Gasteiger partial charge in [-0.1, -0.05) is 6.08 Å². The maximum absolute atomic E-state index is 11.4. The summed E-state index contributed by atoms with van der Waals surface area (Å²) >= 11 is 3.32. The Hall–Kier alpha value is -1.16. The summed E-state index contributed by atoms with van der Waals surface area (Å²) in [6.45, 7) is 5.47. The van der Waals surface area contributed by atoms with Gasteiger partial charge in [-0.25, -0.2) is 4.98 Å². The number of aryl methyl sites for hydroxylation is 1. The van der Waals surface area contributed by atoms with Crippen LogP contribution in [0.25, 0.3) is 0 Å². The maximum Gasteiger partial charge on any atom is 0.225 e. The molecule has 1 N–H and O–H groups in total. The zero-order chi connectivity index (χ0) is 11.3. The Morgan fingerprint density at radius 2 is 2.47 bits per heavy atom. The van der Waals surface area contributed by atoms with Gasteiger partial charge in [0.1, 0.15) is 5.82 Å². The molecule has 0 fully saturated rings. The van der Waals surface area contributed by atoms with Gasteiger partial charge in [0.25, 0.3) is 0 Å². The van der Waals surface area contributed by atoms with Crippen molar-refractivity contribution in [3.8, 4) is 0 Å². The first-order chi connectivity index (χ1) is 7.13. The van der Waals surface area contributed by atoms with Gasteiger partial charge >= 0.3 is 0 Å². The average molecular weight is 269 g/mol. The molecule has 1 heterocycles. The van der Waals surface area contributed by atoms with E-state index in [-0.39, 0.29) is 5.91 Å². The Morgan fingerprint density at radius 1 is 1.73 bits per heavy atom. The summed E-state index contributed by atoms with van der Waals surface area (Å²) < 4.78 is 0.907. The van der Waals surface area contributed by atoms with Gasteiger partial charge in [-0.2, -0.15) is 0 Å². The number of amides is 1. The van der Waals surface area contributed by atoms with Crippen LogP contribution in [0.5, 0.6) is 0 Å². The van der Waals surface area contributed by atoms with Crippen molar-refractivity contribution in [2.75, 3.05) is 5.32 Å². The zero-order valence-electron chi connectivity index (χ0n) is 8.59. The minimum atomic E-state index is -0.0344. The summed E-state index contributed by atoms with van der Waals surface area (Å²) in [7, 11) is 0. The fraction of sp³-hybridized carbons (Fsp3) is 0.273. The molecule has 0 saturated heterocycles. The molecule has 0 aromatic carbocycles. The van der Waals surface area contributed by atoms with Crippen LogP contribution < -0.4 is 5.32 Å². The highest BCUT2D eigenvalue weighted by molar-refractivity contribution is 9.10. The van der Waals surface area contributed by atoms with Gasteiger partial charge in [0.2, 0.25) is 5.91 Å². The van der Waals surface area contributed by atoms with Crippen LogP contribution >= 0.6 is 15.9 Å². The van der Waals surface area contributed by atoms with Crippen molar-refractivity contribution < 1.29 is 4.79 Å². The first-order valence-corrected chi connectivity index (χ1v) is 5.45. The van der Waals surface area contributed by atoms with Crippen LogP contribution in [0.4, 0.5) is 5.82 Å². The van der Waals surface area contributed by atoms with Crippen LogP contribution in [0.3, 0.4) is 0 Å². The Labute approximate surface area is 97.7 Å². The predicted octanol–water partition coefficient (Wildman–Crippen LogP) is 3.06. The Bertz CT molecular complexity index is 377. The van der Waals surface area contributed by atoms with Crippen molar-refractivity contribution in [3.63, 3.8) is 0 Å². The lowest BCUT2D eigenvalue weighted by atomic mass is 10.2. The van der Waals surface area contributed by atoms with Crippen LogP contribution in [-0.4, -0.2) is 10.9 Å². The molecule has 0 atom stereocenters. The smallest absolute Gasteiger partial charge is 0.225 e. The molecular formula is C11H13BrN2O. The van der Waals surface area contributed by atoms with Gasteiger partial charge in [-0.3, -0.25) is 4.79 Å². The summed E-state index contributed by atoms with van der Waals surface area (Å²) in [5, 5.41) is 2.75. The average Bonchev–Trinajstić information content (AvgIpc) is 2.19. The lowest BCUT2D eigenvalue weighted by Crippen LogP contribution is -2.12. The number of aromatic nitrogens is 1.